The molecule has 1 aliphatic rings. The maximum atomic E-state index is 13.6. The molecule has 1 saturated heterocycles. The third kappa shape index (κ3) is 4.69. The van der Waals surface area contributed by atoms with E-state index in [4.69, 9.17) is 0 Å². The zero-order chi connectivity index (χ0) is 22.9. The number of carbonyl (C=O) groups is 1. The van der Waals surface area contributed by atoms with Crippen molar-refractivity contribution in [2.75, 3.05) is 18.4 Å². The molecule has 0 aliphatic carbocycles. The number of nitrogens with zero attached hydrogens (tertiary/aromatic N) is 3. The number of benzene rings is 2. The van der Waals surface area contributed by atoms with Gasteiger partial charge < -0.3 is 5.32 Å². The van der Waals surface area contributed by atoms with E-state index in [0.29, 0.717) is 29.6 Å². The first-order chi connectivity index (χ1) is 15.2. The highest BCUT2D eigenvalue weighted by Gasteiger charge is 2.33. The van der Waals surface area contributed by atoms with E-state index in [1.54, 1.807) is 12.1 Å². The molecule has 0 radical (unpaired) electrons. The number of rotatable bonds is 5. The summed E-state index contributed by atoms with van der Waals surface area (Å²) in [4.78, 5) is 12.2. The first kappa shape index (κ1) is 22.4. The Morgan fingerprint density at radius 2 is 1.88 bits per heavy atom. The Bertz CT molecular complexity index is 1250. The van der Waals surface area contributed by atoms with Crippen molar-refractivity contribution in [2.24, 2.45) is 0 Å². The van der Waals surface area contributed by atoms with Crippen LogP contribution in [0.25, 0.3) is 0 Å². The number of amides is 1. The fraction of sp³-hybridized carbons (Fsp3) is 0.286. The molecule has 0 unspecified atom stereocenters. The summed E-state index contributed by atoms with van der Waals surface area (Å²) >= 11 is 1.12. The summed E-state index contributed by atoms with van der Waals surface area (Å²) < 4.78 is 53.8. The van der Waals surface area contributed by atoms with Gasteiger partial charge in [0.1, 0.15) is 5.01 Å². The Hall–Kier alpha value is -2.76. The monoisotopic (exact) mass is 478 g/mol. The van der Waals surface area contributed by atoms with Gasteiger partial charge in [-0.3, -0.25) is 4.79 Å². The average Bonchev–Trinajstić information content (AvgIpc) is 3.28. The smallest absolute Gasteiger partial charge is 0.286 e. The minimum absolute atomic E-state index is 0.121. The highest BCUT2D eigenvalue weighted by molar-refractivity contribution is 7.89. The molecule has 3 aromatic rings. The molecule has 2 heterocycles. The van der Waals surface area contributed by atoms with Crippen LogP contribution in [-0.4, -0.2) is 41.9 Å². The second-order valence-corrected chi connectivity index (χ2v) is 10.5. The van der Waals surface area contributed by atoms with E-state index >= 15 is 0 Å². The zero-order valence-electron chi connectivity index (χ0n) is 17.1. The number of halogens is 2. The molecular formula is C21H20F2N4O3S2. The molecule has 0 spiro atoms. The standard InChI is InChI=1S/C21H20F2N4O3S2/c1-13-4-6-15(7-5-13)24-19(28)21-26-25-20(31-21)14-3-2-10-27(12-14)32(29,30)16-8-9-17(22)18(23)11-16/h4-9,11,14H,2-3,10,12H2,1H3,(H,24,28)/t14-/m0/s1. The number of sulfonamides is 1. The molecule has 1 aromatic heterocycles. The van der Waals surface area contributed by atoms with Gasteiger partial charge in [0, 0.05) is 24.7 Å². The molecule has 1 fully saturated rings. The topological polar surface area (TPSA) is 92.3 Å². The molecule has 0 bridgehead atoms. The van der Waals surface area contributed by atoms with E-state index < -0.39 is 21.7 Å². The van der Waals surface area contributed by atoms with Gasteiger partial charge in [0.2, 0.25) is 15.0 Å². The average molecular weight is 479 g/mol. The van der Waals surface area contributed by atoms with Crippen LogP contribution >= 0.6 is 11.3 Å². The summed E-state index contributed by atoms with van der Waals surface area (Å²) in [5.74, 6) is -2.96. The van der Waals surface area contributed by atoms with Crippen molar-refractivity contribution in [3.63, 3.8) is 0 Å². The largest absolute Gasteiger partial charge is 0.320 e. The third-order valence-corrected chi connectivity index (χ3v) is 8.15. The Morgan fingerprint density at radius 3 is 2.59 bits per heavy atom. The molecule has 168 valence electrons. The molecule has 11 heteroatoms. The van der Waals surface area contributed by atoms with Gasteiger partial charge in [0.15, 0.2) is 11.6 Å². The molecule has 1 amide bonds. The number of aryl methyl sites for hydroxylation is 1. The van der Waals surface area contributed by atoms with Gasteiger partial charge in [-0.2, -0.15) is 4.31 Å². The fourth-order valence-corrected chi connectivity index (χ4v) is 5.86. The highest BCUT2D eigenvalue weighted by atomic mass is 32.2. The highest BCUT2D eigenvalue weighted by Crippen LogP contribution is 2.32. The van der Waals surface area contributed by atoms with Crippen molar-refractivity contribution in [3.8, 4) is 0 Å². The lowest BCUT2D eigenvalue weighted by Gasteiger charge is -2.30. The van der Waals surface area contributed by atoms with E-state index in [1.165, 1.54) is 4.31 Å². The zero-order valence-corrected chi connectivity index (χ0v) is 18.7. The minimum Gasteiger partial charge on any atom is -0.320 e. The molecule has 32 heavy (non-hydrogen) atoms. The molecule has 1 N–H and O–H groups in total. The van der Waals surface area contributed by atoms with E-state index in [2.05, 4.69) is 15.5 Å². The van der Waals surface area contributed by atoms with Crippen LogP contribution < -0.4 is 5.32 Å². The SMILES string of the molecule is Cc1ccc(NC(=O)c2nnc([C@H]3CCCN(S(=O)(=O)c4ccc(F)c(F)c4)C3)s2)cc1. The maximum absolute atomic E-state index is 13.6. The van der Waals surface area contributed by atoms with Crippen LogP contribution in [0.3, 0.4) is 0 Å². The second kappa shape index (κ2) is 9.00. The number of aromatic nitrogens is 2. The van der Waals surface area contributed by atoms with Crippen molar-refractivity contribution in [2.45, 2.75) is 30.6 Å². The number of piperidine rings is 1. The number of hydrogen-bond donors (Lipinski definition) is 1. The molecule has 1 atom stereocenters. The van der Waals surface area contributed by atoms with Crippen LogP contribution in [0.2, 0.25) is 0 Å². The molecule has 2 aromatic carbocycles. The summed E-state index contributed by atoms with van der Waals surface area (Å²) in [5.41, 5.74) is 1.71. The quantitative estimate of drug-likeness (QED) is 0.600. The van der Waals surface area contributed by atoms with Crippen molar-refractivity contribution in [1.29, 1.82) is 0 Å². The van der Waals surface area contributed by atoms with Crippen LogP contribution in [0.15, 0.2) is 47.4 Å². The maximum Gasteiger partial charge on any atom is 0.286 e. The lowest BCUT2D eigenvalue weighted by molar-refractivity contribution is 0.102. The summed E-state index contributed by atoms with van der Waals surface area (Å²) in [7, 11) is -3.99. The van der Waals surface area contributed by atoms with E-state index in [9.17, 15) is 22.0 Å². The van der Waals surface area contributed by atoms with Crippen LogP contribution in [0.1, 0.15) is 39.1 Å². The minimum atomic E-state index is -3.99. The number of anilines is 1. The second-order valence-electron chi connectivity index (χ2n) is 7.54. The van der Waals surface area contributed by atoms with Gasteiger partial charge in [-0.15, -0.1) is 10.2 Å². The van der Waals surface area contributed by atoms with E-state index in [0.717, 1.165) is 29.0 Å². The Kier molecular flexibility index (Phi) is 6.31. The van der Waals surface area contributed by atoms with Gasteiger partial charge >= 0.3 is 0 Å². The molecule has 0 saturated carbocycles. The van der Waals surface area contributed by atoms with Gasteiger partial charge in [0.05, 0.1) is 4.90 Å². The normalized spacial score (nSPS) is 17.3. The number of carbonyl (C=O) groups excluding carboxylic acids is 1. The number of nitrogens with one attached hydrogen (secondary N) is 1. The first-order valence-corrected chi connectivity index (χ1v) is 12.2. The van der Waals surface area contributed by atoms with Crippen LogP contribution in [0.4, 0.5) is 14.5 Å². The molecule has 7 nitrogen and oxygen atoms in total. The predicted octanol–water partition coefficient (Wildman–Crippen LogP) is 3.95. The third-order valence-electron chi connectivity index (χ3n) is 5.21. The summed E-state index contributed by atoms with van der Waals surface area (Å²) in [6, 6.07) is 9.88. The van der Waals surface area contributed by atoms with E-state index in [-0.39, 0.29) is 34.8 Å². The fourth-order valence-electron chi connectivity index (χ4n) is 3.46. The summed E-state index contributed by atoms with van der Waals surface area (Å²) in [6.07, 6.45) is 1.25. The van der Waals surface area contributed by atoms with Crippen LogP contribution in [-0.2, 0) is 10.0 Å². The van der Waals surface area contributed by atoms with Gasteiger partial charge in [-0.05, 0) is 50.1 Å². The Morgan fingerprint density at radius 1 is 1.12 bits per heavy atom. The molecule has 1 aliphatic heterocycles. The molecule has 4 rings (SSSR count). The van der Waals surface area contributed by atoms with Crippen molar-refractivity contribution in [1.82, 2.24) is 14.5 Å². The lowest BCUT2D eigenvalue weighted by Crippen LogP contribution is -2.39. The van der Waals surface area contributed by atoms with Gasteiger partial charge in [-0.1, -0.05) is 29.0 Å². The van der Waals surface area contributed by atoms with Crippen molar-refractivity contribution < 1.29 is 22.0 Å². The van der Waals surface area contributed by atoms with Gasteiger partial charge in [0.25, 0.3) is 5.91 Å². The summed E-state index contributed by atoms with van der Waals surface area (Å²) in [6.45, 7) is 2.33. The Balaban J connectivity index is 1.48. The first-order valence-electron chi connectivity index (χ1n) is 9.90. The van der Waals surface area contributed by atoms with Crippen molar-refractivity contribution in [3.05, 3.63) is 69.7 Å². The predicted molar refractivity (Wildman–Crippen MR) is 116 cm³/mol. The van der Waals surface area contributed by atoms with Crippen LogP contribution in [0, 0.1) is 18.6 Å². The van der Waals surface area contributed by atoms with Crippen molar-refractivity contribution >= 4 is 33.0 Å². The molecular weight excluding hydrogens is 458 g/mol. The Labute approximate surface area is 188 Å². The lowest BCUT2D eigenvalue weighted by atomic mass is 10.0. The van der Waals surface area contributed by atoms with Gasteiger partial charge in [-0.25, -0.2) is 17.2 Å². The van der Waals surface area contributed by atoms with E-state index in [1.807, 2.05) is 19.1 Å². The van der Waals surface area contributed by atoms with Crippen LogP contribution in [0.5, 0.6) is 0 Å². The number of hydrogen-bond acceptors (Lipinski definition) is 6. The summed E-state index contributed by atoms with van der Waals surface area (Å²) in [5, 5.41) is 11.6.